The van der Waals surface area contributed by atoms with Crippen LogP contribution in [0.5, 0.6) is 5.75 Å². The molecule has 1 aliphatic rings. The Balaban J connectivity index is 1.80. The maximum absolute atomic E-state index is 11.4. The van der Waals surface area contributed by atoms with E-state index in [9.17, 15) is 4.79 Å². The number of fused-ring (bicyclic) bond motifs is 4. The predicted octanol–water partition coefficient (Wildman–Crippen LogP) is 3.84. The number of carbonyl (C=O) groups is 1. The van der Waals surface area contributed by atoms with Crippen molar-refractivity contribution in [3.8, 4) is 11.4 Å². The first kappa shape index (κ1) is 18.2. The van der Waals surface area contributed by atoms with Crippen molar-refractivity contribution in [1.29, 1.82) is 0 Å². The third kappa shape index (κ3) is 2.70. The third-order valence-corrected chi connectivity index (χ3v) is 5.50. The summed E-state index contributed by atoms with van der Waals surface area (Å²) in [6.45, 7) is 4.24. The number of aromatic nitrogens is 3. The van der Waals surface area contributed by atoms with E-state index in [0.717, 1.165) is 33.5 Å². The van der Waals surface area contributed by atoms with Crippen molar-refractivity contribution in [2.75, 3.05) is 18.1 Å². The molecule has 5 rings (SSSR count). The van der Waals surface area contributed by atoms with Gasteiger partial charge in [-0.1, -0.05) is 25.1 Å². The van der Waals surface area contributed by atoms with Gasteiger partial charge in [-0.3, -0.25) is 4.79 Å². The van der Waals surface area contributed by atoms with Crippen molar-refractivity contribution in [3.63, 3.8) is 0 Å². The lowest BCUT2D eigenvalue weighted by atomic mass is 9.98. The van der Waals surface area contributed by atoms with E-state index < -0.39 is 0 Å². The molecule has 1 aliphatic heterocycles. The summed E-state index contributed by atoms with van der Waals surface area (Å²) in [7, 11) is 0. The Labute approximate surface area is 173 Å². The number of nitrogens with zero attached hydrogens (tertiary/aromatic N) is 3. The predicted molar refractivity (Wildman–Crippen MR) is 119 cm³/mol. The smallest absolute Gasteiger partial charge is 0.222 e. The van der Waals surface area contributed by atoms with Crippen molar-refractivity contribution >= 4 is 45.4 Å². The number of ketones is 1. The second-order valence-electron chi connectivity index (χ2n) is 7.62. The fourth-order valence-electron chi connectivity index (χ4n) is 4.18. The molecule has 7 nitrogen and oxygen atoms in total. The highest BCUT2D eigenvalue weighted by Crippen LogP contribution is 2.45. The summed E-state index contributed by atoms with van der Waals surface area (Å²) >= 11 is 0. The Morgan fingerprint density at radius 2 is 2.10 bits per heavy atom. The SMILES string of the molecule is CC(=O)C=Cc1cccc2c1ccn2-c1cc2nc(N)nc(N)c2c2c1C(C)CO2. The maximum Gasteiger partial charge on any atom is 0.222 e. The monoisotopic (exact) mass is 399 g/mol. The number of hydrogen-bond acceptors (Lipinski definition) is 6. The number of ether oxygens (including phenoxy) is 1. The first-order valence-electron chi connectivity index (χ1n) is 9.75. The summed E-state index contributed by atoms with van der Waals surface area (Å²) in [6, 6.07) is 10.1. The van der Waals surface area contributed by atoms with Crippen molar-refractivity contribution in [1.82, 2.24) is 14.5 Å². The molecule has 3 heterocycles. The van der Waals surface area contributed by atoms with Gasteiger partial charge in [0, 0.05) is 23.1 Å². The molecule has 0 fully saturated rings. The van der Waals surface area contributed by atoms with Gasteiger partial charge in [0.05, 0.1) is 28.7 Å². The molecule has 0 radical (unpaired) electrons. The lowest BCUT2D eigenvalue weighted by Gasteiger charge is -2.15. The number of benzene rings is 2. The van der Waals surface area contributed by atoms with Crippen LogP contribution in [-0.4, -0.2) is 26.9 Å². The largest absolute Gasteiger partial charge is 0.492 e. The highest BCUT2D eigenvalue weighted by Gasteiger charge is 2.29. The molecule has 0 bridgehead atoms. The Morgan fingerprint density at radius 1 is 1.27 bits per heavy atom. The molecule has 30 heavy (non-hydrogen) atoms. The van der Waals surface area contributed by atoms with Crippen LogP contribution in [0.25, 0.3) is 33.6 Å². The Hall–Kier alpha value is -3.87. The molecule has 0 spiro atoms. The van der Waals surface area contributed by atoms with Gasteiger partial charge >= 0.3 is 0 Å². The van der Waals surface area contributed by atoms with Crippen LogP contribution < -0.4 is 16.2 Å². The van der Waals surface area contributed by atoms with Crippen LogP contribution >= 0.6 is 0 Å². The number of anilines is 2. The standard InChI is InChI=1S/C23H21N5O2/c1-12-11-30-21-19(12)18(10-16-20(21)22(24)27-23(25)26-16)28-9-8-15-14(7-6-13(2)29)4-3-5-17(15)28/h3-10,12H,11H2,1-2H3,(H4,24,25,26,27). The zero-order valence-corrected chi connectivity index (χ0v) is 16.7. The first-order valence-corrected chi connectivity index (χ1v) is 9.75. The van der Waals surface area contributed by atoms with Crippen molar-refractivity contribution in [2.45, 2.75) is 19.8 Å². The number of nitrogen functional groups attached to an aromatic ring is 2. The van der Waals surface area contributed by atoms with Crippen LogP contribution in [0.3, 0.4) is 0 Å². The van der Waals surface area contributed by atoms with E-state index in [1.165, 1.54) is 0 Å². The zero-order chi connectivity index (χ0) is 21.0. The number of rotatable bonds is 3. The lowest BCUT2D eigenvalue weighted by Crippen LogP contribution is -2.04. The van der Waals surface area contributed by atoms with Crippen LogP contribution in [0.1, 0.15) is 30.9 Å². The fraction of sp³-hybridized carbons (Fsp3) is 0.174. The summed E-state index contributed by atoms with van der Waals surface area (Å²) in [5.74, 6) is 1.38. The first-order chi connectivity index (χ1) is 14.4. The lowest BCUT2D eigenvalue weighted by molar-refractivity contribution is -0.112. The topological polar surface area (TPSA) is 109 Å². The number of allylic oxidation sites excluding steroid dienone is 1. The van der Waals surface area contributed by atoms with Crippen LogP contribution in [0.4, 0.5) is 11.8 Å². The number of hydrogen-bond donors (Lipinski definition) is 2. The van der Waals surface area contributed by atoms with Crippen molar-refractivity contribution < 1.29 is 9.53 Å². The number of nitrogens with two attached hydrogens (primary N) is 2. The van der Waals surface area contributed by atoms with E-state index in [4.69, 9.17) is 16.2 Å². The summed E-state index contributed by atoms with van der Waals surface area (Å²) < 4.78 is 8.14. The van der Waals surface area contributed by atoms with Gasteiger partial charge in [-0.05, 0) is 36.8 Å². The Kier molecular flexibility index (Phi) is 3.99. The van der Waals surface area contributed by atoms with Crippen molar-refractivity contribution in [3.05, 3.63) is 53.7 Å². The van der Waals surface area contributed by atoms with E-state index in [1.54, 1.807) is 13.0 Å². The van der Waals surface area contributed by atoms with Gasteiger partial charge in [0.2, 0.25) is 5.95 Å². The van der Waals surface area contributed by atoms with Crippen LogP contribution in [0, 0.1) is 0 Å². The Morgan fingerprint density at radius 3 is 2.90 bits per heavy atom. The normalized spacial score (nSPS) is 15.7. The zero-order valence-electron chi connectivity index (χ0n) is 16.7. The minimum atomic E-state index is 0.0135. The molecule has 7 heteroatoms. The van der Waals surface area contributed by atoms with Gasteiger partial charge in [-0.2, -0.15) is 4.98 Å². The molecule has 0 saturated heterocycles. The average Bonchev–Trinajstić information content (AvgIpc) is 3.29. The molecule has 0 amide bonds. The molecule has 1 atom stereocenters. The van der Waals surface area contributed by atoms with Gasteiger partial charge in [0.15, 0.2) is 5.78 Å². The highest BCUT2D eigenvalue weighted by atomic mass is 16.5. The fourth-order valence-corrected chi connectivity index (χ4v) is 4.18. The number of carbonyl (C=O) groups excluding carboxylic acids is 1. The Bertz CT molecular complexity index is 1370. The quantitative estimate of drug-likeness (QED) is 0.507. The van der Waals surface area contributed by atoms with Gasteiger partial charge in [0.25, 0.3) is 0 Å². The summed E-state index contributed by atoms with van der Waals surface area (Å²) in [4.78, 5) is 19.9. The van der Waals surface area contributed by atoms with Gasteiger partial charge in [-0.25, -0.2) is 4.98 Å². The average molecular weight is 399 g/mol. The second-order valence-corrected chi connectivity index (χ2v) is 7.62. The van der Waals surface area contributed by atoms with Gasteiger partial charge in [-0.15, -0.1) is 0 Å². The maximum atomic E-state index is 11.4. The molecule has 4 aromatic rings. The van der Waals surface area contributed by atoms with Crippen LogP contribution in [0.2, 0.25) is 0 Å². The molecule has 150 valence electrons. The molecule has 0 saturated carbocycles. The third-order valence-electron chi connectivity index (χ3n) is 5.50. The molecule has 2 aromatic heterocycles. The van der Waals surface area contributed by atoms with E-state index in [-0.39, 0.29) is 17.6 Å². The summed E-state index contributed by atoms with van der Waals surface area (Å²) in [6.07, 6.45) is 5.45. The molecule has 4 N–H and O–H groups in total. The minimum absolute atomic E-state index is 0.0135. The second kappa shape index (κ2) is 6.59. The molecule has 2 aromatic carbocycles. The molecule has 0 aliphatic carbocycles. The minimum Gasteiger partial charge on any atom is -0.492 e. The van der Waals surface area contributed by atoms with Crippen molar-refractivity contribution in [2.24, 2.45) is 0 Å². The van der Waals surface area contributed by atoms with E-state index in [2.05, 4.69) is 33.6 Å². The van der Waals surface area contributed by atoms with E-state index in [0.29, 0.717) is 23.3 Å². The van der Waals surface area contributed by atoms with E-state index in [1.807, 2.05) is 30.5 Å². The molecular weight excluding hydrogens is 378 g/mol. The summed E-state index contributed by atoms with van der Waals surface area (Å²) in [5.41, 5.74) is 16.7. The van der Waals surface area contributed by atoms with E-state index >= 15 is 0 Å². The highest BCUT2D eigenvalue weighted by molar-refractivity contribution is 6.00. The molecule has 1 unspecified atom stereocenters. The van der Waals surface area contributed by atoms with Gasteiger partial charge in [0.1, 0.15) is 11.6 Å². The van der Waals surface area contributed by atoms with Crippen LogP contribution in [-0.2, 0) is 4.79 Å². The van der Waals surface area contributed by atoms with Crippen LogP contribution in [0.15, 0.2) is 42.6 Å². The van der Waals surface area contributed by atoms with Gasteiger partial charge < -0.3 is 20.8 Å². The summed E-state index contributed by atoms with van der Waals surface area (Å²) in [5, 5.41) is 1.76. The molecular formula is C23H21N5O2.